The van der Waals surface area contributed by atoms with E-state index < -0.39 is 0 Å². The third-order valence-corrected chi connectivity index (χ3v) is 4.35. The summed E-state index contributed by atoms with van der Waals surface area (Å²) >= 11 is 0. The molecule has 8 heteroatoms. The maximum absolute atomic E-state index is 9.00. The highest BCUT2D eigenvalue weighted by atomic mass is 16.5. The number of ether oxygens (including phenoxy) is 2. The topological polar surface area (TPSA) is 84.1 Å². The lowest BCUT2D eigenvalue weighted by Gasteiger charge is -2.33. The van der Waals surface area contributed by atoms with Crippen LogP contribution in [0.1, 0.15) is 5.89 Å². The van der Waals surface area contributed by atoms with E-state index in [2.05, 4.69) is 19.9 Å². The molecule has 2 heterocycles. The van der Waals surface area contributed by atoms with Gasteiger partial charge in [-0.2, -0.15) is 4.98 Å². The number of β-amino-alcohol motifs (C(OH)–C–C–N with tert-alkyl or cyclic N) is 1. The largest absolute Gasteiger partial charge is 0.493 e. The summed E-state index contributed by atoms with van der Waals surface area (Å²) in [6.45, 7) is 5.31. The van der Waals surface area contributed by atoms with Gasteiger partial charge in [0.15, 0.2) is 11.5 Å². The highest BCUT2D eigenvalue weighted by Gasteiger charge is 2.19. The van der Waals surface area contributed by atoms with Crippen LogP contribution in [-0.4, -0.2) is 78.6 Å². The Morgan fingerprint density at radius 3 is 2.48 bits per heavy atom. The molecule has 0 radical (unpaired) electrons. The zero-order valence-corrected chi connectivity index (χ0v) is 14.6. The van der Waals surface area contributed by atoms with Gasteiger partial charge in [-0.1, -0.05) is 5.16 Å². The van der Waals surface area contributed by atoms with Gasteiger partial charge in [-0.15, -0.1) is 0 Å². The minimum Gasteiger partial charge on any atom is -0.493 e. The molecule has 1 saturated heterocycles. The Morgan fingerprint density at radius 2 is 1.80 bits per heavy atom. The molecule has 0 unspecified atom stereocenters. The molecule has 3 rings (SSSR count). The van der Waals surface area contributed by atoms with Gasteiger partial charge >= 0.3 is 0 Å². The summed E-state index contributed by atoms with van der Waals surface area (Å²) in [5.74, 6) is 2.43. The molecule has 0 aliphatic carbocycles. The summed E-state index contributed by atoms with van der Waals surface area (Å²) in [5.41, 5.74) is 0.820. The lowest BCUT2D eigenvalue weighted by Crippen LogP contribution is -2.46. The fourth-order valence-electron chi connectivity index (χ4n) is 2.92. The average molecular weight is 348 g/mol. The normalized spacial score (nSPS) is 16.1. The Kier molecular flexibility index (Phi) is 5.85. The number of hydrogen-bond donors (Lipinski definition) is 1. The van der Waals surface area contributed by atoms with Gasteiger partial charge in [-0.25, -0.2) is 0 Å². The Bertz CT molecular complexity index is 683. The first-order valence-corrected chi connectivity index (χ1v) is 8.34. The van der Waals surface area contributed by atoms with Gasteiger partial charge in [0.05, 0.1) is 27.4 Å². The Balaban J connectivity index is 1.63. The van der Waals surface area contributed by atoms with E-state index in [4.69, 9.17) is 19.1 Å². The minimum atomic E-state index is 0.207. The van der Waals surface area contributed by atoms with Gasteiger partial charge in [0.2, 0.25) is 11.7 Å². The zero-order chi connectivity index (χ0) is 17.6. The molecule has 1 aromatic heterocycles. The predicted octanol–water partition coefficient (Wildman–Crippen LogP) is 0.864. The molecule has 136 valence electrons. The molecular formula is C17H24N4O4. The lowest BCUT2D eigenvalue weighted by atomic mass is 10.2. The van der Waals surface area contributed by atoms with E-state index in [1.807, 2.05) is 18.2 Å². The maximum atomic E-state index is 9.00. The number of methoxy groups -OCH3 is 2. The Labute approximate surface area is 146 Å². The van der Waals surface area contributed by atoms with Gasteiger partial charge in [0.1, 0.15) is 0 Å². The molecule has 25 heavy (non-hydrogen) atoms. The van der Waals surface area contributed by atoms with Crippen molar-refractivity contribution >= 4 is 0 Å². The van der Waals surface area contributed by atoms with Crippen LogP contribution < -0.4 is 9.47 Å². The number of aliphatic hydroxyl groups is 1. The quantitative estimate of drug-likeness (QED) is 0.789. The van der Waals surface area contributed by atoms with Crippen LogP contribution in [0.3, 0.4) is 0 Å². The molecule has 1 aliphatic rings. The van der Waals surface area contributed by atoms with Crippen LogP contribution in [0.5, 0.6) is 11.5 Å². The van der Waals surface area contributed by atoms with Gasteiger partial charge in [0, 0.05) is 38.3 Å². The first-order chi connectivity index (χ1) is 12.2. The number of hydrogen-bond acceptors (Lipinski definition) is 8. The van der Waals surface area contributed by atoms with Crippen molar-refractivity contribution in [2.45, 2.75) is 6.54 Å². The second kappa shape index (κ2) is 8.28. The molecule has 0 atom stereocenters. The highest BCUT2D eigenvalue weighted by molar-refractivity contribution is 5.60. The van der Waals surface area contributed by atoms with Crippen molar-refractivity contribution in [2.24, 2.45) is 0 Å². The summed E-state index contributed by atoms with van der Waals surface area (Å²) in [6.07, 6.45) is 0. The predicted molar refractivity (Wildman–Crippen MR) is 91.6 cm³/mol. The summed E-state index contributed by atoms with van der Waals surface area (Å²) in [7, 11) is 3.20. The van der Waals surface area contributed by atoms with E-state index in [0.717, 1.165) is 38.3 Å². The Morgan fingerprint density at radius 1 is 1.08 bits per heavy atom. The number of aromatic nitrogens is 2. The van der Waals surface area contributed by atoms with Gasteiger partial charge in [-0.05, 0) is 18.2 Å². The van der Waals surface area contributed by atoms with Crippen LogP contribution in [-0.2, 0) is 6.54 Å². The van der Waals surface area contributed by atoms with Crippen molar-refractivity contribution in [2.75, 3.05) is 53.6 Å². The first-order valence-electron chi connectivity index (χ1n) is 8.34. The third kappa shape index (κ3) is 4.28. The number of nitrogens with zero attached hydrogens (tertiary/aromatic N) is 4. The number of aliphatic hydroxyl groups excluding tert-OH is 1. The number of piperazine rings is 1. The Hall–Kier alpha value is -2.16. The van der Waals surface area contributed by atoms with E-state index in [1.165, 1.54) is 0 Å². The van der Waals surface area contributed by atoms with Crippen LogP contribution >= 0.6 is 0 Å². The third-order valence-electron chi connectivity index (χ3n) is 4.35. The van der Waals surface area contributed by atoms with E-state index in [0.29, 0.717) is 29.8 Å². The van der Waals surface area contributed by atoms with Crippen molar-refractivity contribution in [3.05, 3.63) is 24.1 Å². The maximum Gasteiger partial charge on any atom is 0.241 e. The van der Waals surface area contributed by atoms with Gasteiger partial charge in [0.25, 0.3) is 0 Å². The van der Waals surface area contributed by atoms with E-state index in [1.54, 1.807) is 14.2 Å². The summed E-state index contributed by atoms with van der Waals surface area (Å²) in [6, 6.07) is 5.54. The SMILES string of the molecule is COc1ccc(-c2noc(CN3CCN(CCO)CC3)n2)cc1OC. The van der Waals surface area contributed by atoms with Crippen molar-refractivity contribution in [1.82, 2.24) is 19.9 Å². The van der Waals surface area contributed by atoms with Crippen LogP contribution in [0, 0.1) is 0 Å². The van der Waals surface area contributed by atoms with E-state index >= 15 is 0 Å². The van der Waals surface area contributed by atoms with Crippen molar-refractivity contribution in [1.29, 1.82) is 0 Å². The molecule has 1 aromatic carbocycles. The molecule has 2 aromatic rings. The van der Waals surface area contributed by atoms with Crippen LogP contribution in [0.15, 0.2) is 22.7 Å². The van der Waals surface area contributed by atoms with E-state index in [-0.39, 0.29) is 6.61 Å². The van der Waals surface area contributed by atoms with Crippen LogP contribution in [0.4, 0.5) is 0 Å². The van der Waals surface area contributed by atoms with Gasteiger partial charge < -0.3 is 19.1 Å². The van der Waals surface area contributed by atoms with Crippen molar-refractivity contribution in [3.8, 4) is 22.9 Å². The fraction of sp³-hybridized carbons (Fsp3) is 0.529. The smallest absolute Gasteiger partial charge is 0.241 e. The number of rotatable bonds is 7. The standard InChI is InChI=1S/C17H24N4O4/c1-23-14-4-3-13(11-15(14)24-2)17-18-16(25-19-17)12-21-7-5-20(6-8-21)9-10-22/h3-4,11,22H,5-10,12H2,1-2H3. The molecule has 1 N–H and O–H groups in total. The molecule has 0 bridgehead atoms. The van der Waals surface area contributed by atoms with E-state index in [9.17, 15) is 0 Å². The summed E-state index contributed by atoms with van der Waals surface area (Å²) in [4.78, 5) is 9.02. The monoisotopic (exact) mass is 348 g/mol. The zero-order valence-electron chi connectivity index (χ0n) is 14.6. The lowest BCUT2D eigenvalue weighted by molar-refractivity contribution is 0.101. The second-order valence-corrected chi connectivity index (χ2v) is 5.92. The number of benzene rings is 1. The molecule has 8 nitrogen and oxygen atoms in total. The summed E-state index contributed by atoms with van der Waals surface area (Å²) < 4.78 is 16.0. The average Bonchev–Trinajstić information content (AvgIpc) is 3.11. The highest BCUT2D eigenvalue weighted by Crippen LogP contribution is 2.31. The molecule has 0 amide bonds. The molecule has 0 spiro atoms. The molecular weight excluding hydrogens is 324 g/mol. The minimum absolute atomic E-state index is 0.207. The van der Waals surface area contributed by atoms with Crippen molar-refractivity contribution in [3.63, 3.8) is 0 Å². The van der Waals surface area contributed by atoms with Crippen molar-refractivity contribution < 1.29 is 19.1 Å². The first kappa shape index (κ1) is 17.7. The second-order valence-electron chi connectivity index (χ2n) is 5.92. The molecule has 0 saturated carbocycles. The van der Waals surface area contributed by atoms with Gasteiger partial charge in [-0.3, -0.25) is 9.80 Å². The van der Waals surface area contributed by atoms with Crippen LogP contribution in [0.25, 0.3) is 11.4 Å². The molecule has 1 fully saturated rings. The molecule has 1 aliphatic heterocycles. The van der Waals surface area contributed by atoms with Crippen LogP contribution in [0.2, 0.25) is 0 Å². The fourth-order valence-corrected chi connectivity index (χ4v) is 2.92. The summed E-state index contributed by atoms with van der Waals surface area (Å²) in [5, 5.41) is 13.1.